The molecule has 132 valence electrons. The van der Waals surface area contributed by atoms with E-state index in [1.807, 2.05) is 0 Å². The van der Waals surface area contributed by atoms with Crippen LogP contribution in [-0.2, 0) is 19.6 Å². The molecular weight excluding hydrogens is 336 g/mol. The number of carbonyl (C=O) groups excluding carboxylic acids is 1. The molecule has 0 bridgehead atoms. The maximum absolute atomic E-state index is 12.3. The van der Waals surface area contributed by atoms with Crippen LogP contribution in [-0.4, -0.2) is 32.5 Å². The van der Waals surface area contributed by atoms with Crippen molar-refractivity contribution in [2.75, 3.05) is 7.11 Å². The van der Waals surface area contributed by atoms with Gasteiger partial charge in [-0.25, -0.2) is 13.1 Å². The number of hydrogen-bond donors (Lipinski definition) is 1. The van der Waals surface area contributed by atoms with E-state index in [-0.39, 0.29) is 0 Å². The summed E-state index contributed by atoms with van der Waals surface area (Å²) in [5.41, 5.74) is -0.498. The number of methoxy groups -OCH3 is 1. The molecule has 0 aromatic heterocycles. The van der Waals surface area contributed by atoms with Gasteiger partial charge in [0, 0.05) is 12.1 Å². The molecule has 0 amide bonds. The molecule has 1 rings (SSSR count). The van der Waals surface area contributed by atoms with Crippen molar-refractivity contribution in [3.63, 3.8) is 0 Å². The average Bonchev–Trinajstić information content (AvgIpc) is 2.54. The molecule has 0 aliphatic rings. The molecule has 0 saturated heterocycles. The molecule has 0 aliphatic heterocycles. The van der Waals surface area contributed by atoms with Crippen molar-refractivity contribution in [3.05, 3.63) is 46.5 Å². The number of esters is 1. The monoisotopic (exact) mass is 356 g/mol. The Morgan fingerprint density at radius 2 is 2.00 bits per heavy atom. The minimum atomic E-state index is -4.07. The Kier molecular flexibility index (Phi) is 7.05. The fourth-order valence-electron chi connectivity index (χ4n) is 2.02. The molecular formula is C15H20N2O6S. The summed E-state index contributed by atoms with van der Waals surface area (Å²) in [7, 11) is -2.80. The van der Waals surface area contributed by atoms with E-state index >= 15 is 0 Å². The highest BCUT2D eigenvalue weighted by Gasteiger charge is 2.26. The predicted molar refractivity (Wildman–Crippen MR) is 87.8 cm³/mol. The molecule has 1 N–H and O–H groups in total. The largest absolute Gasteiger partial charge is 0.469 e. The van der Waals surface area contributed by atoms with Crippen LogP contribution in [0.4, 0.5) is 5.69 Å². The lowest BCUT2D eigenvalue weighted by molar-refractivity contribution is -0.387. The molecule has 0 fully saturated rings. The van der Waals surface area contributed by atoms with Gasteiger partial charge in [0.2, 0.25) is 10.0 Å². The van der Waals surface area contributed by atoms with E-state index in [1.54, 1.807) is 19.9 Å². The number of nitro benzene ring substituents is 1. The third-order valence-electron chi connectivity index (χ3n) is 3.27. The minimum Gasteiger partial charge on any atom is -0.469 e. The Morgan fingerprint density at radius 3 is 2.54 bits per heavy atom. The average molecular weight is 356 g/mol. The zero-order valence-corrected chi connectivity index (χ0v) is 14.4. The number of nitro groups is 1. The van der Waals surface area contributed by atoms with Crippen molar-refractivity contribution >= 4 is 21.7 Å². The number of nitrogens with one attached hydrogen (secondary N) is 1. The van der Waals surface area contributed by atoms with Gasteiger partial charge in [-0.15, -0.1) is 0 Å². The van der Waals surface area contributed by atoms with Gasteiger partial charge in [0.25, 0.3) is 5.69 Å². The minimum absolute atomic E-state index is 0.407. The lowest BCUT2D eigenvalue weighted by atomic mass is 10.1. The maximum Gasteiger partial charge on any atom is 0.312 e. The SMILES string of the molecule is CC[C@H](/C=C/[C@H](C)NS(=O)(=O)c1ccccc1[N+](=O)[O-])C(=O)OC. The molecule has 0 spiro atoms. The van der Waals surface area contributed by atoms with E-state index in [2.05, 4.69) is 9.46 Å². The summed E-state index contributed by atoms with van der Waals surface area (Å²) in [6.07, 6.45) is 3.57. The van der Waals surface area contributed by atoms with E-state index in [0.29, 0.717) is 6.42 Å². The van der Waals surface area contributed by atoms with E-state index in [0.717, 1.165) is 6.07 Å². The number of sulfonamides is 1. The van der Waals surface area contributed by atoms with Gasteiger partial charge in [-0.3, -0.25) is 14.9 Å². The molecule has 0 heterocycles. The summed E-state index contributed by atoms with van der Waals surface area (Å²) < 4.78 is 31.6. The van der Waals surface area contributed by atoms with Gasteiger partial charge in [-0.05, 0) is 19.4 Å². The Labute approximate surface area is 140 Å². The fraction of sp³-hybridized carbons (Fsp3) is 0.400. The van der Waals surface area contributed by atoms with Crippen LogP contribution < -0.4 is 4.72 Å². The number of nitrogens with zero attached hydrogens (tertiary/aromatic N) is 1. The fourth-order valence-corrected chi connectivity index (χ4v) is 3.39. The van der Waals surface area contributed by atoms with Crippen LogP contribution in [0.1, 0.15) is 20.3 Å². The molecule has 0 saturated carbocycles. The van der Waals surface area contributed by atoms with Crippen LogP contribution in [0.3, 0.4) is 0 Å². The summed E-state index contributed by atoms with van der Waals surface area (Å²) in [6, 6.07) is 4.43. The molecule has 0 aliphatic carbocycles. The molecule has 24 heavy (non-hydrogen) atoms. The lowest BCUT2D eigenvalue weighted by Crippen LogP contribution is -2.31. The molecule has 1 aromatic rings. The first-order valence-corrected chi connectivity index (χ1v) is 8.73. The summed E-state index contributed by atoms with van der Waals surface area (Å²) in [5.74, 6) is -0.893. The smallest absolute Gasteiger partial charge is 0.312 e. The van der Waals surface area contributed by atoms with Crippen LogP contribution >= 0.6 is 0 Å². The number of rotatable bonds is 8. The van der Waals surface area contributed by atoms with Crippen molar-refractivity contribution in [3.8, 4) is 0 Å². The number of hydrogen-bond acceptors (Lipinski definition) is 6. The molecule has 0 radical (unpaired) electrons. The molecule has 9 heteroatoms. The first-order valence-electron chi connectivity index (χ1n) is 7.24. The lowest BCUT2D eigenvalue weighted by Gasteiger charge is -2.12. The van der Waals surface area contributed by atoms with Gasteiger partial charge in [0.05, 0.1) is 18.0 Å². The summed E-state index contributed by atoms with van der Waals surface area (Å²) >= 11 is 0. The second-order valence-electron chi connectivity index (χ2n) is 5.06. The Morgan fingerprint density at radius 1 is 1.38 bits per heavy atom. The highest BCUT2D eigenvalue weighted by molar-refractivity contribution is 7.89. The third-order valence-corrected chi connectivity index (χ3v) is 4.87. The van der Waals surface area contributed by atoms with Gasteiger partial charge >= 0.3 is 5.97 Å². The number of para-hydroxylation sites is 1. The zero-order chi connectivity index (χ0) is 18.3. The van der Waals surface area contributed by atoms with E-state index in [4.69, 9.17) is 0 Å². The van der Waals surface area contributed by atoms with Gasteiger partial charge < -0.3 is 4.74 Å². The number of carbonyl (C=O) groups is 1. The van der Waals surface area contributed by atoms with Crippen LogP contribution in [0, 0.1) is 16.0 Å². The highest BCUT2D eigenvalue weighted by atomic mass is 32.2. The Balaban J connectivity index is 2.95. The van der Waals surface area contributed by atoms with Crippen molar-refractivity contribution < 1.29 is 22.9 Å². The first-order chi connectivity index (χ1) is 11.2. The van der Waals surface area contributed by atoms with Gasteiger partial charge in [-0.1, -0.05) is 31.2 Å². The quantitative estimate of drug-likeness (QED) is 0.330. The Hall–Kier alpha value is -2.26. The predicted octanol–water partition coefficient (Wildman–Crippen LogP) is 2.02. The maximum atomic E-state index is 12.3. The first kappa shape index (κ1) is 19.8. The second-order valence-corrected chi connectivity index (χ2v) is 6.74. The molecule has 2 atom stereocenters. The molecule has 0 unspecified atom stereocenters. The van der Waals surface area contributed by atoms with Crippen molar-refractivity contribution in [2.24, 2.45) is 5.92 Å². The standard InChI is InChI=1S/C15H20N2O6S/c1-4-12(15(18)23-3)10-9-11(2)16-24(21,22)14-8-6-5-7-13(14)17(19)20/h5-12,16H,4H2,1-3H3/b10-9+/t11-,12+/m0/s1. The topological polar surface area (TPSA) is 116 Å². The van der Waals surface area contributed by atoms with Crippen LogP contribution in [0.2, 0.25) is 0 Å². The molecule has 1 aromatic carbocycles. The second kappa shape index (κ2) is 8.55. The van der Waals surface area contributed by atoms with E-state index in [9.17, 15) is 23.3 Å². The van der Waals surface area contributed by atoms with Gasteiger partial charge in [0.1, 0.15) is 0 Å². The molecule has 8 nitrogen and oxygen atoms in total. The summed E-state index contributed by atoms with van der Waals surface area (Å²) in [6.45, 7) is 3.36. The van der Waals surface area contributed by atoms with E-state index < -0.39 is 43.5 Å². The van der Waals surface area contributed by atoms with E-state index in [1.165, 1.54) is 31.4 Å². The normalized spacial score (nSPS) is 14.3. The van der Waals surface area contributed by atoms with Crippen LogP contribution in [0.15, 0.2) is 41.3 Å². The highest BCUT2D eigenvalue weighted by Crippen LogP contribution is 2.23. The van der Waals surface area contributed by atoms with Crippen molar-refractivity contribution in [1.82, 2.24) is 4.72 Å². The van der Waals surface area contributed by atoms with Gasteiger partial charge in [0.15, 0.2) is 4.90 Å². The number of ether oxygens (including phenoxy) is 1. The summed E-state index contributed by atoms with van der Waals surface area (Å²) in [5, 5.41) is 11.0. The zero-order valence-electron chi connectivity index (χ0n) is 13.6. The third kappa shape index (κ3) is 5.14. The summed E-state index contributed by atoms with van der Waals surface area (Å²) in [4.78, 5) is 21.3. The van der Waals surface area contributed by atoms with Crippen LogP contribution in [0.25, 0.3) is 0 Å². The van der Waals surface area contributed by atoms with Crippen molar-refractivity contribution in [2.45, 2.75) is 31.2 Å². The number of benzene rings is 1. The Bertz CT molecular complexity index is 729. The van der Waals surface area contributed by atoms with Crippen LogP contribution in [0.5, 0.6) is 0 Å². The van der Waals surface area contributed by atoms with Gasteiger partial charge in [-0.2, -0.15) is 0 Å². The van der Waals surface area contributed by atoms with Crippen molar-refractivity contribution in [1.29, 1.82) is 0 Å².